The molecule has 94 valence electrons. The number of rotatable bonds is 4. The second-order valence-electron chi connectivity index (χ2n) is 3.49. The Morgan fingerprint density at radius 3 is 2.83 bits per heavy atom. The molecule has 0 spiro atoms. The highest BCUT2D eigenvalue weighted by Crippen LogP contribution is 2.22. The van der Waals surface area contributed by atoms with E-state index in [1.165, 1.54) is 6.33 Å². The van der Waals surface area contributed by atoms with Crippen molar-refractivity contribution < 1.29 is 4.74 Å². The third-order valence-electron chi connectivity index (χ3n) is 2.30. The van der Waals surface area contributed by atoms with Gasteiger partial charge in [-0.1, -0.05) is 17.7 Å². The largest absolute Gasteiger partial charge is 0.481 e. The Morgan fingerprint density at radius 1 is 1.33 bits per heavy atom. The Balaban J connectivity index is 2.04. The third kappa shape index (κ3) is 2.78. The van der Waals surface area contributed by atoms with Gasteiger partial charge in [-0.15, -0.1) is 0 Å². The summed E-state index contributed by atoms with van der Waals surface area (Å²) in [7, 11) is 1.57. The number of hydrogen-bond acceptors (Lipinski definition) is 6. The van der Waals surface area contributed by atoms with E-state index >= 15 is 0 Å². The fourth-order valence-electron chi connectivity index (χ4n) is 1.34. The summed E-state index contributed by atoms with van der Waals surface area (Å²) in [6.45, 7) is 0.536. The molecule has 18 heavy (non-hydrogen) atoms. The monoisotopic (exact) mass is 265 g/mol. The van der Waals surface area contributed by atoms with E-state index < -0.39 is 0 Å². The van der Waals surface area contributed by atoms with Crippen LogP contribution < -0.4 is 15.8 Å². The lowest BCUT2D eigenvalue weighted by atomic mass is 10.3. The minimum Gasteiger partial charge on any atom is -0.481 e. The number of hydrogen-bond donors (Lipinski definition) is 2. The van der Waals surface area contributed by atoms with E-state index in [9.17, 15) is 0 Å². The van der Waals surface area contributed by atoms with E-state index in [0.717, 1.165) is 5.56 Å². The van der Waals surface area contributed by atoms with Crippen molar-refractivity contribution >= 4 is 23.1 Å². The maximum Gasteiger partial charge on any atom is 0.212 e. The van der Waals surface area contributed by atoms with Crippen LogP contribution in [0.4, 0.5) is 11.5 Å². The molecule has 0 saturated carbocycles. The highest BCUT2D eigenvalue weighted by Gasteiger charge is 2.05. The number of nitrogen functional groups attached to an aromatic ring is 1. The second kappa shape index (κ2) is 5.50. The highest BCUT2D eigenvalue weighted by atomic mass is 35.5. The van der Waals surface area contributed by atoms with Crippen LogP contribution in [0.15, 0.2) is 24.7 Å². The lowest BCUT2D eigenvalue weighted by molar-refractivity contribution is 0.397. The van der Waals surface area contributed by atoms with Crippen LogP contribution in [0.25, 0.3) is 0 Å². The summed E-state index contributed by atoms with van der Waals surface area (Å²) < 4.78 is 4.98. The zero-order chi connectivity index (χ0) is 13.0. The van der Waals surface area contributed by atoms with Crippen molar-refractivity contribution in [2.75, 3.05) is 18.2 Å². The number of anilines is 2. The minimum absolute atomic E-state index is 0.236. The fraction of sp³-hybridized carbons (Fsp3) is 0.182. The molecule has 2 aromatic heterocycles. The minimum atomic E-state index is 0.236. The summed E-state index contributed by atoms with van der Waals surface area (Å²) >= 11 is 5.79. The molecular weight excluding hydrogens is 254 g/mol. The molecule has 0 unspecified atom stereocenters. The quantitative estimate of drug-likeness (QED) is 0.819. The first-order chi connectivity index (χ1) is 8.70. The Morgan fingerprint density at radius 2 is 2.17 bits per heavy atom. The lowest BCUT2D eigenvalue weighted by Crippen LogP contribution is -2.06. The number of ether oxygens (including phenoxy) is 1. The van der Waals surface area contributed by atoms with Gasteiger partial charge in [0.25, 0.3) is 0 Å². The molecule has 0 fully saturated rings. The Hall–Kier alpha value is -2.08. The molecule has 0 saturated heterocycles. The Bertz CT molecular complexity index is 531. The van der Waals surface area contributed by atoms with Gasteiger partial charge in [-0.3, -0.25) is 0 Å². The smallest absolute Gasteiger partial charge is 0.212 e. The number of nitrogens with one attached hydrogen (secondary N) is 1. The molecule has 0 amide bonds. The molecule has 7 heteroatoms. The average Bonchev–Trinajstić information content (AvgIpc) is 2.41. The van der Waals surface area contributed by atoms with Crippen LogP contribution in [0.3, 0.4) is 0 Å². The molecule has 6 nitrogen and oxygen atoms in total. The number of nitrogens with two attached hydrogens (primary N) is 1. The highest BCUT2D eigenvalue weighted by molar-refractivity contribution is 6.32. The van der Waals surface area contributed by atoms with Crippen LogP contribution in [0.1, 0.15) is 5.56 Å². The van der Waals surface area contributed by atoms with Gasteiger partial charge in [0.05, 0.1) is 7.11 Å². The average molecular weight is 266 g/mol. The fourth-order valence-corrected chi connectivity index (χ4v) is 1.47. The van der Waals surface area contributed by atoms with Crippen molar-refractivity contribution in [1.82, 2.24) is 15.0 Å². The van der Waals surface area contributed by atoms with Gasteiger partial charge >= 0.3 is 0 Å². The van der Waals surface area contributed by atoms with E-state index in [4.69, 9.17) is 22.1 Å². The van der Waals surface area contributed by atoms with Gasteiger partial charge in [0.15, 0.2) is 11.0 Å². The van der Waals surface area contributed by atoms with Gasteiger partial charge in [-0.2, -0.15) is 0 Å². The summed E-state index contributed by atoms with van der Waals surface area (Å²) in [5.74, 6) is 1.08. The summed E-state index contributed by atoms with van der Waals surface area (Å²) in [4.78, 5) is 11.9. The van der Waals surface area contributed by atoms with E-state index in [1.54, 1.807) is 19.4 Å². The zero-order valence-corrected chi connectivity index (χ0v) is 10.5. The van der Waals surface area contributed by atoms with E-state index in [1.807, 2.05) is 6.07 Å². The zero-order valence-electron chi connectivity index (χ0n) is 9.72. The topological polar surface area (TPSA) is 86.0 Å². The van der Waals surface area contributed by atoms with Crippen LogP contribution >= 0.6 is 11.6 Å². The van der Waals surface area contributed by atoms with Gasteiger partial charge in [-0.05, 0) is 5.56 Å². The molecule has 3 N–H and O–H groups in total. The number of methoxy groups -OCH3 is 1. The van der Waals surface area contributed by atoms with Gasteiger partial charge in [0, 0.05) is 18.8 Å². The molecule has 0 aliphatic heterocycles. The van der Waals surface area contributed by atoms with E-state index in [2.05, 4.69) is 20.3 Å². The van der Waals surface area contributed by atoms with Gasteiger partial charge in [0.1, 0.15) is 12.0 Å². The summed E-state index contributed by atoms with van der Waals surface area (Å²) in [6, 6.07) is 3.69. The normalized spacial score (nSPS) is 10.1. The van der Waals surface area contributed by atoms with Crippen LogP contribution in [0.5, 0.6) is 5.88 Å². The second-order valence-corrected chi connectivity index (χ2v) is 3.85. The van der Waals surface area contributed by atoms with Crippen LogP contribution in [-0.2, 0) is 6.54 Å². The molecule has 0 aliphatic carbocycles. The van der Waals surface area contributed by atoms with Crippen molar-refractivity contribution in [3.63, 3.8) is 0 Å². The first kappa shape index (κ1) is 12.4. The van der Waals surface area contributed by atoms with E-state index in [0.29, 0.717) is 23.9 Å². The van der Waals surface area contributed by atoms with Gasteiger partial charge in [0.2, 0.25) is 5.88 Å². The number of halogens is 1. The molecule has 0 radical (unpaired) electrons. The number of aromatic nitrogens is 3. The van der Waals surface area contributed by atoms with Crippen molar-refractivity contribution in [2.24, 2.45) is 0 Å². The predicted octanol–water partition coefficient (Wildman–Crippen LogP) is 1.73. The predicted molar refractivity (Wildman–Crippen MR) is 69.6 cm³/mol. The van der Waals surface area contributed by atoms with E-state index in [-0.39, 0.29) is 5.15 Å². The van der Waals surface area contributed by atoms with Crippen molar-refractivity contribution in [2.45, 2.75) is 6.54 Å². The number of pyridine rings is 1. The molecule has 0 atom stereocenters. The SMILES string of the molecule is COc1ccc(CNc2ncnc(Cl)c2N)cn1. The van der Waals surface area contributed by atoms with Crippen LogP contribution in [0, 0.1) is 0 Å². The van der Waals surface area contributed by atoms with Gasteiger partial charge < -0.3 is 15.8 Å². The summed E-state index contributed by atoms with van der Waals surface area (Å²) in [6.07, 6.45) is 3.07. The maximum atomic E-state index is 5.79. The Kier molecular flexibility index (Phi) is 3.78. The number of nitrogens with zero attached hydrogens (tertiary/aromatic N) is 3. The Labute approximate surface area is 109 Å². The lowest BCUT2D eigenvalue weighted by Gasteiger charge is -2.08. The molecule has 2 aromatic rings. The maximum absolute atomic E-state index is 5.79. The molecule has 0 bridgehead atoms. The molecular formula is C11H12ClN5O. The molecule has 0 aromatic carbocycles. The third-order valence-corrected chi connectivity index (χ3v) is 2.60. The molecule has 0 aliphatic rings. The summed E-state index contributed by atoms with van der Waals surface area (Å²) in [5.41, 5.74) is 7.05. The first-order valence-corrected chi connectivity index (χ1v) is 5.57. The van der Waals surface area contributed by atoms with Crippen LogP contribution in [0.2, 0.25) is 5.15 Å². The van der Waals surface area contributed by atoms with Crippen molar-refractivity contribution in [3.8, 4) is 5.88 Å². The summed E-state index contributed by atoms with van der Waals surface area (Å²) in [5, 5.41) is 3.30. The van der Waals surface area contributed by atoms with Crippen molar-refractivity contribution in [3.05, 3.63) is 35.4 Å². The first-order valence-electron chi connectivity index (χ1n) is 5.19. The molecule has 2 heterocycles. The molecule has 2 rings (SSSR count). The van der Waals surface area contributed by atoms with Gasteiger partial charge in [-0.25, -0.2) is 15.0 Å². The van der Waals surface area contributed by atoms with Crippen LogP contribution in [-0.4, -0.2) is 22.1 Å². The van der Waals surface area contributed by atoms with Crippen molar-refractivity contribution in [1.29, 1.82) is 0 Å². The standard InChI is InChI=1S/C11H12ClN5O/c1-18-8-3-2-7(4-14-8)5-15-11-9(13)10(12)16-6-17-11/h2-4,6H,5,13H2,1H3,(H,15,16,17).